The number of phenolic OH excluding ortho intramolecular Hbond substituents is 1. The second kappa shape index (κ2) is 5.67. The molecule has 100 valence electrons. The van der Waals surface area contributed by atoms with Gasteiger partial charge >= 0.3 is 0 Å². The Morgan fingerprint density at radius 2 is 2.11 bits per heavy atom. The molecule has 1 fully saturated rings. The molecule has 3 nitrogen and oxygen atoms in total. The number of benzene rings is 1. The first-order chi connectivity index (χ1) is 8.61. The summed E-state index contributed by atoms with van der Waals surface area (Å²) in [6.45, 7) is 5.19. The van der Waals surface area contributed by atoms with Crippen LogP contribution in [0.25, 0.3) is 0 Å². The average molecular weight is 253 g/mol. The fraction of sp³-hybridized carbons (Fsp3) is 0.571. The Hall–Kier alpha value is -1.13. The van der Waals surface area contributed by atoms with Crippen LogP contribution in [0.3, 0.4) is 0 Å². The van der Waals surface area contributed by atoms with Crippen LogP contribution in [-0.4, -0.2) is 24.9 Å². The molecule has 1 aromatic rings. The number of halogens is 1. The molecule has 0 atom stereocenters. The fourth-order valence-corrected chi connectivity index (χ4v) is 2.24. The zero-order chi connectivity index (χ0) is 13.0. The van der Waals surface area contributed by atoms with Crippen LogP contribution in [0.5, 0.6) is 5.75 Å². The van der Waals surface area contributed by atoms with E-state index < -0.39 is 5.82 Å². The SMILES string of the molecule is CC1(CNCc2cccc(F)c2O)CCOCC1. The molecule has 1 aliphatic rings. The van der Waals surface area contributed by atoms with Crippen molar-refractivity contribution in [2.45, 2.75) is 26.3 Å². The summed E-state index contributed by atoms with van der Waals surface area (Å²) in [5.41, 5.74) is 0.840. The van der Waals surface area contributed by atoms with E-state index in [1.165, 1.54) is 6.07 Å². The van der Waals surface area contributed by atoms with Crippen LogP contribution in [-0.2, 0) is 11.3 Å². The van der Waals surface area contributed by atoms with Crippen molar-refractivity contribution < 1.29 is 14.2 Å². The van der Waals surface area contributed by atoms with Gasteiger partial charge in [-0.05, 0) is 24.3 Å². The molecule has 2 rings (SSSR count). The van der Waals surface area contributed by atoms with Crippen LogP contribution in [0.2, 0.25) is 0 Å². The van der Waals surface area contributed by atoms with Crippen LogP contribution in [0.4, 0.5) is 4.39 Å². The second-order valence-corrected chi connectivity index (χ2v) is 5.27. The van der Waals surface area contributed by atoms with Crippen molar-refractivity contribution >= 4 is 0 Å². The Bertz CT molecular complexity index is 403. The predicted octanol–water partition coefficient (Wildman–Crippen LogP) is 2.44. The maximum Gasteiger partial charge on any atom is 0.165 e. The predicted molar refractivity (Wildman–Crippen MR) is 67.9 cm³/mol. The highest BCUT2D eigenvalue weighted by Crippen LogP contribution is 2.29. The number of aromatic hydroxyl groups is 1. The van der Waals surface area contributed by atoms with Crippen LogP contribution in [0.15, 0.2) is 18.2 Å². The van der Waals surface area contributed by atoms with Gasteiger partial charge in [0.15, 0.2) is 11.6 Å². The molecule has 0 aromatic heterocycles. The zero-order valence-corrected chi connectivity index (χ0v) is 10.7. The highest BCUT2D eigenvalue weighted by atomic mass is 19.1. The lowest BCUT2D eigenvalue weighted by Crippen LogP contribution is -2.36. The van der Waals surface area contributed by atoms with E-state index in [0.29, 0.717) is 12.1 Å². The van der Waals surface area contributed by atoms with Crippen molar-refractivity contribution in [2.24, 2.45) is 5.41 Å². The standard InChI is InChI=1S/C14H20FNO2/c1-14(5-7-18-8-6-14)10-16-9-11-3-2-4-12(15)13(11)17/h2-4,16-17H,5-10H2,1H3. The zero-order valence-electron chi connectivity index (χ0n) is 10.7. The van der Waals surface area contributed by atoms with E-state index in [-0.39, 0.29) is 11.2 Å². The van der Waals surface area contributed by atoms with Gasteiger partial charge in [-0.15, -0.1) is 0 Å². The summed E-state index contributed by atoms with van der Waals surface area (Å²) in [4.78, 5) is 0. The number of nitrogens with one attached hydrogen (secondary N) is 1. The quantitative estimate of drug-likeness (QED) is 0.866. The Morgan fingerprint density at radius 1 is 1.39 bits per heavy atom. The van der Waals surface area contributed by atoms with Crippen LogP contribution >= 0.6 is 0 Å². The minimum atomic E-state index is -0.563. The molecule has 0 bridgehead atoms. The molecule has 18 heavy (non-hydrogen) atoms. The van der Waals surface area contributed by atoms with Crippen LogP contribution in [0.1, 0.15) is 25.3 Å². The summed E-state index contributed by atoms with van der Waals surface area (Å²) in [6.07, 6.45) is 2.07. The van der Waals surface area contributed by atoms with Gasteiger partial charge in [0, 0.05) is 31.9 Å². The summed E-state index contributed by atoms with van der Waals surface area (Å²) in [7, 11) is 0. The molecule has 1 heterocycles. The van der Waals surface area contributed by atoms with Crippen molar-refractivity contribution in [1.29, 1.82) is 0 Å². The Kier molecular flexibility index (Phi) is 4.19. The fourth-order valence-electron chi connectivity index (χ4n) is 2.24. The van der Waals surface area contributed by atoms with E-state index in [2.05, 4.69) is 12.2 Å². The first-order valence-corrected chi connectivity index (χ1v) is 6.36. The minimum Gasteiger partial charge on any atom is -0.505 e. The lowest BCUT2D eigenvalue weighted by atomic mass is 9.82. The van der Waals surface area contributed by atoms with Crippen molar-refractivity contribution in [2.75, 3.05) is 19.8 Å². The van der Waals surface area contributed by atoms with Gasteiger partial charge in [0.2, 0.25) is 0 Å². The molecule has 1 saturated heterocycles. The summed E-state index contributed by atoms with van der Waals surface area (Å²) < 4.78 is 18.5. The van der Waals surface area contributed by atoms with E-state index >= 15 is 0 Å². The highest BCUT2D eigenvalue weighted by Gasteiger charge is 2.26. The van der Waals surface area contributed by atoms with Gasteiger partial charge in [0.1, 0.15) is 0 Å². The first-order valence-electron chi connectivity index (χ1n) is 6.36. The van der Waals surface area contributed by atoms with E-state index in [4.69, 9.17) is 4.74 Å². The van der Waals surface area contributed by atoms with Gasteiger partial charge in [-0.25, -0.2) is 4.39 Å². The molecule has 4 heteroatoms. The smallest absolute Gasteiger partial charge is 0.165 e. The highest BCUT2D eigenvalue weighted by molar-refractivity contribution is 5.33. The van der Waals surface area contributed by atoms with E-state index in [1.54, 1.807) is 12.1 Å². The number of phenols is 1. The number of rotatable bonds is 4. The van der Waals surface area contributed by atoms with Gasteiger partial charge in [0.25, 0.3) is 0 Å². The summed E-state index contributed by atoms with van der Waals surface area (Å²) >= 11 is 0. The molecule has 0 radical (unpaired) electrons. The molecule has 1 aromatic carbocycles. The Labute approximate surface area is 107 Å². The molecule has 0 unspecified atom stereocenters. The first kappa shape index (κ1) is 13.3. The Morgan fingerprint density at radius 3 is 2.83 bits per heavy atom. The molecule has 0 amide bonds. The van der Waals surface area contributed by atoms with Gasteiger partial charge in [-0.3, -0.25) is 0 Å². The number of hydrogen-bond donors (Lipinski definition) is 2. The van der Waals surface area contributed by atoms with Crippen LogP contribution in [0, 0.1) is 11.2 Å². The third kappa shape index (κ3) is 3.21. The van der Waals surface area contributed by atoms with Crippen molar-refractivity contribution in [3.8, 4) is 5.75 Å². The topological polar surface area (TPSA) is 41.5 Å². The Balaban J connectivity index is 1.86. The monoisotopic (exact) mass is 253 g/mol. The van der Waals surface area contributed by atoms with Gasteiger partial charge in [0.05, 0.1) is 0 Å². The molecule has 0 aliphatic carbocycles. The molecular weight excluding hydrogens is 233 g/mol. The van der Waals surface area contributed by atoms with Gasteiger partial charge in [-0.2, -0.15) is 0 Å². The van der Waals surface area contributed by atoms with Crippen LogP contribution < -0.4 is 5.32 Å². The van der Waals surface area contributed by atoms with Crippen molar-refractivity contribution in [3.05, 3.63) is 29.6 Å². The van der Waals surface area contributed by atoms with E-state index in [0.717, 1.165) is 32.6 Å². The summed E-state index contributed by atoms with van der Waals surface area (Å²) in [6, 6.07) is 4.61. The number of ether oxygens (including phenoxy) is 1. The molecule has 0 saturated carbocycles. The normalized spacial score (nSPS) is 18.8. The maximum atomic E-state index is 13.1. The second-order valence-electron chi connectivity index (χ2n) is 5.27. The number of hydrogen-bond acceptors (Lipinski definition) is 3. The lowest BCUT2D eigenvalue weighted by molar-refractivity contribution is 0.0240. The van der Waals surface area contributed by atoms with E-state index in [1.807, 2.05) is 0 Å². The summed E-state index contributed by atoms with van der Waals surface area (Å²) in [5, 5.41) is 12.9. The maximum absolute atomic E-state index is 13.1. The molecule has 0 spiro atoms. The van der Waals surface area contributed by atoms with Crippen molar-refractivity contribution in [3.63, 3.8) is 0 Å². The lowest BCUT2D eigenvalue weighted by Gasteiger charge is -2.33. The van der Waals surface area contributed by atoms with E-state index in [9.17, 15) is 9.50 Å². The third-order valence-electron chi connectivity index (χ3n) is 3.64. The number of para-hydroxylation sites is 1. The van der Waals surface area contributed by atoms with Gasteiger partial charge in [-0.1, -0.05) is 19.1 Å². The van der Waals surface area contributed by atoms with Crippen molar-refractivity contribution in [1.82, 2.24) is 5.32 Å². The average Bonchev–Trinajstić information content (AvgIpc) is 2.35. The largest absolute Gasteiger partial charge is 0.505 e. The summed E-state index contributed by atoms with van der Waals surface area (Å²) in [5.74, 6) is -0.811. The minimum absolute atomic E-state index is 0.237. The molecule has 1 aliphatic heterocycles. The van der Waals surface area contributed by atoms with Gasteiger partial charge < -0.3 is 15.2 Å². The molecule has 2 N–H and O–H groups in total. The molecular formula is C14H20FNO2. The third-order valence-corrected chi connectivity index (χ3v) is 3.64.